The Morgan fingerprint density at radius 2 is 1.96 bits per heavy atom. The molecule has 0 unspecified atom stereocenters. The van der Waals surface area contributed by atoms with Gasteiger partial charge in [0.1, 0.15) is 0 Å². The smallest absolute Gasteiger partial charge is 0.338 e. The Bertz CT molecular complexity index is 972. The number of hydrogen-bond acceptors (Lipinski definition) is 4. The number of ether oxygens (including phenoxy) is 1. The second-order valence-electron chi connectivity index (χ2n) is 5.30. The summed E-state index contributed by atoms with van der Waals surface area (Å²) in [7, 11) is 0. The Labute approximate surface area is 154 Å². The van der Waals surface area contributed by atoms with Gasteiger partial charge in [-0.3, -0.25) is 4.79 Å². The molecule has 0 radical (unpaired) electrons. The van der Waals surface area contributed by atoms with E-state index in [1.54, 1.807) is 31.2 Å². The molecule has 0 saturated heterocycles. The number of carbonyl (C=O) groups is 2. The van der Waals surface area contributed by atoms with Crippen molar-refractivity contribution >= 4 is 50.9 Å². The Balaban J connectivity index is 1.85. The van der Waals surface area contributed by atoms with E-state index in [9.17, 15) is 9.59 Å². The third-order valence-electron chi connectivity index (χ3n) is 3.59. The van der Waals surface area contributed by atoms with Gasteiger partial charge >= 0.3 is 5.97 Å². The molecule has 3 nitrogen and oxygen atoms in total. The Hall–Kier alpha value is -2.43. The number of allylic oxidation sites excluding steroid dienone is 1. The fraction of sp³-hybridized carbons (Fsp3) is 0.100. The summed E-state index contributed by atoms with van der Waals surface area (Å²) in [6.07, 6.45) is 3.22. The van der Waals surface area contributed by atoms with Crippen molar-refractivity contribution in [3.8, 4) is 0 Å². The van der Waals surface area contributed by atoms with Crippen LogP contribution in [0.1, 0.15) is 32.5 Å². The average Bonchev–Trinajstić information content (AvgIpc) is 3.04. The summed E-state index contributed by atoms with van der Waals surface area (Å²) in [4.78, 5) is 24.8. The predicted octanol–water partition coefficient (Wildman–Crippen LogP) is 5.63. The van der Waals surface area contributed by atoms with Crippen LogP contribution in [0.4, 0.5) is 0 Å². The number of halogens is 1. The molecule has 1 aromatic heterocycles. The summed E-state index contributed by atoms with van der Waals surface area (Å²) < 4.78 is 5.88. The molecule has 0 bridgehead atoms. The first-order chi connectivity index (χ1) is 12.1. The van der Waals surface area contributed by atoms with E-state index in [1.165, 1.54) is 17.4 Å². The lowest BCUT2D eigenvalue weighted by atomic mass is 10.1. The van der Waals surface area contributed by atoms with E-state index in [2.05, 4.69) is 0 Å². The maximum absolute atomic E-state index is 12.4. The van der Waals surface area contributed by atoms with E-state index >= 15 is 0 Å². The summed E-state index contributed by atoms with van der Waals surface area (Å²) in [5.74, 6) is -0.455. The molecule has 1 heterocycles. The van der Waals surface area contributed by atoms with Gasteiger partial charge in [0.15, 0.2) is 5.78 Å². The van der Waals surface area contributed by atoms with Crippen molar-refractivity contribution in [1.29, 1.82) is 0 Å². The fourth-order valence-electron chi connectivity index (χ4n) is 2.35. The van der Waals surface area contributed by atoms with E-state index in [-0.39, 0.29) is 11.8 Å². The molecule has 5 heteroatoms. The van der Waals surface area contributed by atoms with Crippen LogP contribution in [0.5, 0.6) is 0 Å². The number of carbonyl (C=O) groups excluding carboxylic acids is 2. The van der Waals surface area contributed by atoms with Gasteiger partial charge in [-0.15, -0.1) is 11.3 Å². The molecule has 3 rings (SSSR count). The van der Waals surface area contributed by atoms with Crippen LogP contribution in [-0.2, 0) is 4.74 Å². The highest BCUT2D eigenvalue weighted by Gasteiger charge is 2.11. The minimum absolute atomic E-state index is 0.0983. The Morgan fingerprint density at radius 1 is 1.16 bits per heavy atom. The Kier molecular flexibility index (Phi) is 5.31. The molecular formula is C20H15ClO3S. The molecule has 0 spiro atoms. The summed E-state index contributed by atoms with van der Waals surface area (Å²) in [6.45, 7) is 2.10. The molecule has 126 valence electrons. The van der Waals surface area contributed by atoms with Gasteiger partial charge in [0.2, 0.25) is 0 Å². The number of hydrogen-bond donors (Lipinski definition) is 0. The van der Waals surface area contributed by atoms with Crippen molar-refractivity contribution in [2.45, 2.75) is 6.92 Å². The van der Waals surface area contributed by atoms with Gasteiger partial charge in [-0.05, 0) is 54.3 Å². The van der Waals surface area contributed by atoms with E-state index in [1.807, 2.05) is 30.3 Å². The number of benzene rings is 2. The SMILES string of the molecule is CCOC(=O)c1ccc2cc(C(=O)C=Cc3ccccc3Cl)sc2c1. The monoisotopic (exact) mass is 370 g/mol. The van der Waals surface area contributed by atoms with Gasteiger partial charge in [0, 0.05) is 9.72 Å². The largest absolute Gasteiger partial charge is 0.462 e. The number of rotatable bonds is 5. The minimum atomic E-state index is -0.357. The lowest BCUT2D eigenvalue weighted by molar-refractivity contribution is 0.0526. The lowest BCUT2D eigenvalue weighted by Gasteiger charge is -2.00. The third-order valence-corrected chi connectivity index (χ3v) is 5.05. The maximum Gasteiger partial charge on any atom is 0.338 e. The van der Waals surface area contributed by atoms with Crippen molar-refractivity contribution < 1.29 is 14.3 Å². The zero-order chi connectivity index (χ0) is 17.8. The average molecular weight is 371 g/mol. The van der Waals surface area contributed by atoms with E-state index in [0.717, 1.165) is 15.6 Å². The van der Waals surface area contributed by atoms with Crippen LogP contribution in [0.25, 0.3) is 16.2 Å². The first-order valence-electron chi connectivity index (χ1n) is 7.76. The maximum atomic E-state index is 12.4. The molecule has 0 fully saturated rings. The standard InChI is InChI=1S/C20H15ClO3S/c1-2-24-20(23)15-8-7-14-11-19(25-18(14)12-15)17(22)10-9-13-5-3-4-6-16(13)21/h3-12H,2H2,1H3. The van der Waals surface area contributed by atoms with Crippen molar-refractivity contribution in [1.82, 2.24) is 0 Å². The van der Waals surface area contributed by atoms with E-state index in [0.29, 0.717) is 22.1 Å². The van der Waals surface area contributed by atoms with Crippen LogP contribution in [-0.4, -0.2) is 18.4 Å². The van der Waals surface area contributed by atoms with Crippen LogP contribution in [0.2, 0.25) is 5.02 Å². The molecule has 0 aliphatic heterocycles. The first kappa shape index (κ1) is 17.4. The summed E-state index contributed by atoms with van der Waals surface area (Å²) >= 11 is 7.44. The topological polar surface area (TPSA) is 43.4 Å². The molecular weight excluding hydrogens is 356 g/mol. The lowest BCUT2D eigenvalue weighted by Crippen LogP contribution is -2.03. The molecule has 0 aliphatic carbocycles. The summed E-state index contributed by atoms with van der Waals surface area (Å²) in [5.41, 5.74) is 1.28. The Morgan fingerprint density at radius 3 is 2.72 bits per heavy atom. The quantitative estimate of drug-likeness (QED) is 0.332. The molecule has 2 aromatic carbocycles. The van der Waals surface area contributed by atoms with Crippen molar-refractivity contribution in [3.63, 3.8) is 0 Å². The van der Waals surface area contributed by atoms with Crippen LogP contribution in [0.15, 0.2) is 54.6 Å². The van der Waals surface area contributed by atoms with Crippen LogP contribution in [0.3, 0.4) is 0 Å². The molecule has 0 amide bonds. The molecule has 0 aliphatic rings. The highest BCUT2D eigenvalue weighted by atomic mass is 35.5. The first-order valence-corrected chi connectivity index (χ1v) is 8.95. The second kappa shape index (κ2) is 7.64. The van der Waals surface area contributed by atoms with Crippen molar-refractivity contribution in [3.05, 3.63) is 75.6 Å². The van der Waals surface area contributed by atoms with Crippen molar-refractivity contribution in [2.24, 2.45) is 0 Å². The van der Waals surface area contributed by atoms with E-state index < -0.39 is 0 Å². The van der Waals surface area contributed by atoms with Gasteiger partial charge in [-0.1, -0.05) is 35.9 Å². The molecule has 25 heavy (non-hydrogen) atoms. The molecule has 3 aromatic rings. The third kappa shape index (κ3) is 3.98. The zero-order valence-corrected chi connectivity index (χ0v) is 15.1. The molecule has 0 atom stereocenters. The minimum Gasteiger partial charge on any atom is -0.462 e. The highest BCUT2D eigenvalue weighted by molar-refractivity contribution is 7.21. The molecule has 0 N–H and O–H groups in total. The normalized spacial score (nSPS) is 11.1. The highest BCUT2D eigenvalue weighted by Crippen LogP contribution is 2.28. The number of thiophene rings is 1. The van der Waals surface area contributed by atoms with Crippen molar-refractivity contribution in [2.75, 3.05) is 6.61 Å². The van der Waals surface area contributed by atoms with Gasteiger partial charge in [-0.2, -0.15) is 0 Å². The summed E-state index contributed by atoms with van der Waals surface area (Å²) in [6, 6.07) is 14.5. The number of ketones is 1. The van der Waals surface area contributed by atoms with Gasteiger partial charge < -0.3 is 4.74 Å². The van der Waals surface area contributed by atoms with Crippen LogP contribution < -0.4 is 0 Å². The number of esters is 1. The van der Waals surface area contributed by atoms with Crippen LogP contribution >= 0.6 is 22.9 Å². The predicted molar refractivity (Wildman–Crippen MR) is 103 cm³/mol. The zero-order valence-electron chi connectivity index (χ0n) is 13.5. The second-order valence-corrected chi connectivity index (χ2v) is 6.79. The summed E-state index contributed by atoms with van der Waals surface area (Å²) in [5, 5.41) is 1.52. The van der Waals surface area contributed by atoms with Gasteiger partial charge in [-0.25, -0.2) is 4.79 Å². The van der Waals surface area contributed by atoms with Gasteiger partial charge in [0.25, 0.3) is 0 Å². The van der Waals surface area contributed by atoms with Gasteiger partial charge in [0.05, 0.1) is 17.0 Å². The fourth-order valence-corrected chi connectivity index (χ4v) is 3.57. The number of fused-ring (bicyclic) bond motifs is 1. The van der Waals surface area contributed by atoms with E-state index in [4.69, 9.17) is 16.3 Å². The molecule has 0 saturated carbocycles. The van der Waals surface area contributed by atoms with Crippen LogP contribution in [0, 0.1) is 0 Å².